The second-order valence-corrected chi connectivity index (χ2v) is 5.51. The first kappa shape index (κ1) is 13.5. The van der Waals surface area contributed by atoms with Gasteiger partial charge in [-0.05, 0) is 11.8 Å². The third kappa shape index (κ3) is 6.05. The van der Waals surface area contributed by atoms with Gasteiger partial charge in [0.2, 0.25) is 5.91 Å². The summed E-state index contributed by atoms with van der Waals surface area (Å²) in [5, 5.41) is 2.47. The van der Waals surface area contributed by atoms with E-state index in [1.165, 1.54) is 6.92 Å². The van der Waals surface area contributed by atoms with E-state index in [-0.39, 0.29) is 19.1 Å². The minimum absolute atomic E-state index is 0.245. The van der Waals surface area contributed by atoms with Crippen LogP contribution in [0.2, 0.25) is 0 Å². The van der Waals surface area contributed by atoms with Gasteiger partial charge in [0, 0.05) is 6.92 Å². The molecule has 0 aromatic rings. The van der Waals surface area contributed by atoms with Gasteiger partial charge in [-0.15, -0.1) is 13.2 Å². The van der Waals surface area contributed by atoms with Gasteiger partial charge in [0.15, 0.2) is 0 Å². The van der Waals surface area contributed by atoms with Crippen molar-refractivity contribution < 1.29 is 13.8 Å². The molecule has 0 heterocycles. The highest BCUT2D eigenvalue weighted by molar-refractivity contribution is 8.09. The molecule has 4 nitrogen and oxygen atoms in total. The maximum Gasteiger partial charge on any atom is 0.290 e. The molecule has 6 heteroatoms. The zero-order valence-electron chi connectivity index (χ0n) is 8.06. The molecule has 0 aliphatic rings. The first-order valence-electron chi connectivity index (χ1n) is 3.94. The fourth-order valence-electron chi connectivity index (χ4n) is 0.596. The summed E-state index contributed by atoms with van der Waals surface area (Å²) in [5.74, 6) is -0.276. The predicted molar refractivity (Wildman–Crippen MR) is 60.4 cm³/mol. The molecule has 0 saturated heterocycles. The molecule has 14 heavy (non-hydrogen) atoms. The summed E-state index contributed by atoms with van der Waals surface area (Å²) in [5.41, 5.74) is 0. The monoisotopic (exact) mass is 235 g/mol. The van der Waals surface area contributed by atoms with E-state index >= 15 is 0 Å². The second-order valence-electron chi connectivity index (χ2n) is 2.33. The number of hydrogen-bond acceptors (Lipinski definition) is 4. The van der Waals surface area contributed by atoms with E-state index < -0.39 is 6.64 Å². The van der Waals surface area contributed by atoms with Crippen LogP contribution in [0.25, 0.3) is 0 Å². The van der Waals surface area contributed by atoms with Crippen molar-refractivity contribution in [2.75, 3.05) is 13.2 Å². The third-order valence-electron chi connectivity index (χ3n) is 1.02. The minimum Gasteiger partial charge on any atom is -0.310 e. The Balaban J connectivity index is 4.31. The Morgan fingerprint density at radius 1 is 1.43 bits per heavy atom. The lowest BCUT2D eigenvalue weighted by atomic mass is 10.7. The first-order valence-corrected chi connectivity index (χ1v) is 6.57. The molecule has 80 valence electrons. The largest absolute Gasteiger partial charge is 0.310 e. The topological polar surface area (TPSA) is 47.6 Å². The normalized spacial score (nSPS) is 10.6. The van der Waals surface area contributed by atoms with Crippen molar-refractivity contribution in [1.82, 2.24) is 5.09 Å². The Hall–Kier alpha value is -0.480. The quantitative estimate of drug-likeness (QED) is 0.539. The second kappa shape index (κ2) is 6.90. The molecule has 0 atom stereocenters. The van der Waals surface area contributed by atoms with Gasteiger partial charge < -0.3 is 9.05 Å². The van der Waals surface area contributed by atoms with Gasteiger partial charge in [0.1, 0.15) is 0 Å². The lowest BCUT2D eigenvalue weighted by Crippen LogP contribution is -2.19. The Morgan fingerprint density at radius 3 is 2.14 bits per heavy atom. The standard InChI is InChI=1S/C8H14NO3PS/c1-4-6-11-13(14,9-8(3)10)12-7-5-2/h4-5H,1-2,6-7H2,3H3,(H,9,10,14). The van der Waals surface area contributed by atoms with Gasteiger partial charge in [-0.1, -0.05) is 12.2 Å². The number of hydrogen-bond donors (Lipinski definition) is 1. The number of carbonyl (C=O) groups is 1. The SMILES string of the molecule is C=CCOP(=S)(NC(C)=O)OCC=C. The molecule has 0 aromatic heterocycles. The van der Waals surface area contributed by atoms with Crippen LogP contribution in [0.15, 0.2) is 25.3 Å². The Morgan fingerprint density at radius 2 is 1.86 bits per heavy atom. The predicted octanol–water partition coefficient (Wildman–Crippen LogP) is 1.75. The van der Waals surface area contributed by atoms with Gasteiger partial charge in [-0.2, -0.15) is 0 Å². The number of nitrogens with one attached hydrogen (secondary N) is 1. The number of rotatable bonds is 7. The van der Waals surface area contributed by atoms with Crippen molar-refractivity contribution in [3.05, 3.63) is 25.3 Å². The van der Waals surface area contributed by atoms with Crippen LogP contribution in [-0.2, 0) is 25.6 Å². The summed E-state index contributed by atoms with van der Waals surface area (Å²) in [7, 11) is 0. The van der Waals surface area contributed by atoms with Crippen molar-refractivity contribution in [1.29, 1.82) is 0 Å². The van der Waals surface area contributed by atoms with E-state index in [1.54, 1.807) is 12.2 Å². The molecule has 0 rings (SSSR count). The van der Waals surface area contributed by atoms with Gasteiger partial charge in [0.05, 0.1) is 13.2 Å². The summed E-state index contributed by atoms with van der Waals surface area (Å²) < 4.78 is 10.4. The van der Waals surface area contributed by atoms with Crippen molar-refractivity contribution >= 4 is 24.4 Å². The van der Waals surface area contributed by atoms with Crippen LogP contribution in [0.5, 0.6) is 0 Å². The molecule has 0 bridgehead atoms. The maximum absolute atomic E-state index is 10.8. The summed E-state index contributed by atoms with van der Waals surface area (Å²) in [6.07, 6.45) is 3.08. The molecule has 0 spiro atoms. The highest BCUT2D eigenvalue weighted by Crippen LogP contribution is 2.43. The van der Waals surface area contributed by atoms with E-state index in [0.29, 0.717) is 0 Å². The smallest absolute Gasteiger partial charge is 0.290 e. The maximum atomic E-state index is 10.8. The molecular formula is C8H14NO3PS. The fraction of sp³-hybridized carbons (Fsp3) is 0.375. The van der Waals surface area contributed by atoms with E-state index in [9.17, 15) is 4.79 Å². The third-order valence-corrected chi connectivity index (χ3v) is 3.49. The van der Waals surface area contributed by atoms with Crippen LogP contribution in [0.1, 0.15) is 6.92 Å². The minimum atomic E-state index is -2.72. The molecule has 1 N–H and O–H groups in total. The average molecular weight is 235 g/mol. The summed E-state index contributed by atoms with van der Waals surface area (Å²) >= 11 is 5.05. The van der Waals surface area contributed by atoms with E-state index in [4.69, 9.17) is 20.9 Å². The molecule has 0 saturated carbocycles. The lowest BCUT2D eigenvalue weighted by Gasteiger charge is -2.20. The molecule has 0 aliphatic heterocycles. The molecule has 0 radical (unpaired) electrons. The van der Waals surface area contributed by atoms with E-state index in [2.05, 4.69) is 18.2 Å². The summed E-state index contributed by atoms with van der Waals surface area (Å²) in [4.78, 5) is 10.8. The van der Waals surface area contributed by atoms with Crippen LogP contribution < -0.4 is 5.09 Å². The molecular weight excluding hydrogens is 221 g/mol. The Labute approximate surface area is 89.2 Å². The molecule has 0 fully saturated rings. The number of carbonyl (C=O) groups excluding carboxylic acids is 1. The van der Waals surface area contributed by atoms with E-state index in [0.717, 1.165) is 0 Å². The zero-order valence-corrected chi connectivity index (χ0v) is 9.77. The Bertz CT molecular complexity index is 251. The van der Waals surface area contributed by atoms with Crippen molar-refractivity contribution in [2.45, 2.75) is 6.92 Å². The average Bonchev–Trinajstić information content (AvgIpc) is 2.11. The molecule has 0 aliphatic carbocycles. The Kier molecular flexibility index (Phi) is 6.66. The number of amides is 1. The van der Waals surface area contributed by atoms with Crippen LogP contribution in [-0.4, -0.2) is 19.1 Å². The van der Waals surface area contributed by atoms with Crippen LogP contribution in [0.4, 0.5) is 0 Å². The van der Waals surface area contributed by atoms with Crippen molar-refractivity contribution in [3.63, 3.8) is 0 Å². The van der Waals surface area contributed by atoms with Crippen molar-refractivity contribution in [2.24, 2.45) is 0 Å². The first-order chi connectivity index (χ1) is 6.54. The fourth-order valence-corrected chi connectivity index (χ4v) is 2.54. The van der Waals surface area contributed by atoms with Gasteiger partial charge in [-0.3, -0.25) is 9.88 Å². The highest BCUT2D eigenvalue weighted by atomic mass is 32.5. The van der Waals surface area contributed by atoms with Gasteiger partial charge in [-0.25, -0.2) is 0 Å². The van der Waals surface area contributed by atoms with Crippen LogP contribution >= 0.6 is 6.64 Å². The van der Waals surface area contributed by atoms with Crippen molar-refractivity contribution in [3.8, 4) is 0 Å². The molecule has 0 unspecified atom stereocenters. The van der Waals surface area contributed by atoms with Gasteiger partial charge >= 0.3 is 0 Å². The lowest BCUT2D eigenvalue weighted by molar-refractivity contribution is -0.117. The summed E-state index contributed by atoms with van der Waals surface area (Å²) in [6, 6.07) is 0. The highest BCUT2D eigenvalue weighted by Gasteiger charge is 2.19. The summed E-state index contributed by atoms with van der Waals surface area (Å²) in [6.45, 7) is 6.09. The van der Waals surface area contributed by atoms with Crippen LogP contribution in [0.3, 0.4) is 0 Å². The van der Waals surface area contributed by atoms with Gasteiger partial charge in [0.25, 0.3) is 6.64 Å². The van der Waals surface area contributed by atoms with Crippen LogP contribution in [0, 0.1) is 0 Å². The zero-order chi connectivity index (χ0) is 11.0. The van der Waals surface area contributed by atoms with E-state index in [1.807, 2.05) is 0 Å². The molecule has 0 aromatic carbocycles. The molecule has 1 amide bonds.